The number of carbonyl (C=O) groups excluding carboxylic acids is 1. The van der Waals surface area contributed by atoms with Gasteiger partial charge in [0.1, 0.15) is 0 Å². The minimum Gasteiger partial charge on any atom is -0.550 e. The van der Waals surface area contributed by atoms with Crippen LogP contribution >= 0.6 is 0 Å². The van der Waals surface area contributed by atoms with Gasteiger partial charge in [-0.05, 0) is 36.8 Å². The molecule has 0 spiro atoms. The van der Waals surface area contributed by atoms with Crippen LogP contribution in [0.25, 0.3) is 0 Å². The van der Waals surface area contributed by atoms with Crippen molar-refractivity contribution in [2.75, 3.05) is 0 Å². The number of hydrazone groups is 1. The molecule has 0 saturated carbocycles. The maximum absolute atomic E-state index is 10.6. The maximum atomic E-state index is 10.6. The third kappa shape index (κ3) is 16.5. The van der Waals surface area contributed by atoms with E-state index in [1.54, 1.807) is 0 Å². The summed E-state index contributed by atoms with van der Waals surface area (Å²) in [5, 5.41) is 14.3. The van der Waals surface area contributed by atoms with Gasteiger partial charge in [-0.15, -0.1) is 0 Å². The number of nitrogens with two attached hydrogens (primary N) is 1. The molecule has 0 heterocycles. The van der Waals surface area contributed by atoms with E-state index in [9.17, 15) is 9.90 Å². The Bertz CT molecular complexity index is 588. The van der Waals surface area contributed by atoms with Crippen molar-refractivity contribution in [2.45, 2.75) is 116 Å². The Balaban J connectivity index is 0.00000900. The first-order chi connectivity index (χ1) is 14.7. The number of hydrogen-bond acceptors (Lipinski definition) is 4. The van der Waals surface area contributed by atoms with Crippen molar-refractivity contribution < 1.29 is 39.5 Å². The van der Waals surface area contributed by atoms with E-state index in [0.717, 1.165) is 12.0 Å². The fourth-order valence-electron chi connectivity index (χ4n) is 3.89. The third-order valence-electron chi connectivity index (χ3n) is 5.83. The smallest absolute Gasteiger partial charge is 0.550 e. The van der Waals surface area contributed by atoms with Crippen LogP contribution in [0.1, 0.15) is 121 Å². The molecule has 4 nitrogen and oxygen atoms in total. The molecule has 170 valence electrons. The summed E-state index contributed by atoms with van der Waals surface area (Å²) in [7, 11) is 0. The van der Waals surface area contributed by atoms with Gasteiger partial charge in [-0.3, -0.25) is 0 Å². The van der Waals surface area contributed by atoms with Gasteiger partial charge in [0.15, 0.2) is 0 Å². The molecule has 1 rings (SSSR count). The van der Waals surface area contributed by atoms with E-state index in [4.69, 9.17) is 5.84 Å². The topological polar surface area (TPSA) is 78.5 Å². The van der Waals surface area contributed by atoms with E-state index in [1.807, 2.05) is 12.1 Å². The Kier molecular flexibility index (Phi) is 20.5. The molecular weight excluding hydrogens is 395 g/mol. The van der Waals surface area contributed by atoms with Gasteiger partial charge in [-0.2, -0.15) is 5.10 Å². The summed E-state index contributed by atoms with van der Waals surface area (Å²) in [5.41, 5.74) is 2.82. The van der Waals surface area contributed by atoms with Crippen LogP contribution in [-0.4, -0.2) is 11.7 Å². The van der Waals surface area contributed by atoms with Crippen LogP contribution in [0.15, 0.2) is 29.4 Å². The van der Waals surface area contributed by atoms with Crippen molar-refractivity contribution in [3.05, 3.63) is 35.4 Å². The number of carbonyl (C=O) groups is 1. The molecule has 0 unspecified atom stereocenters. The predicted molar refractivity (Wildman–Crippen MR) is 125 cm³/mol. The summed E-state index contributed by atoms with van der Waals surface area (Å²) < 4.78 is 0. The quantitative estimate of drug-likeness (QED) is 0.119. The molecule has 0 aliphatic carbocycles. The zero-order valence-electron chi connectivity index (χ0n) is 20.2. The molecule has 0 aromatic heterocycles. The van der Waals surface area contributed by atoms with Crippen LogP contribution in [0.5, 0.6) is 0 Å². The minimum atomic E-state index is -1.08. The fraction of sp³-hybridized carbons (Fsp3) is 0.692. The SMILES string of the molecule is CCCCCCCCCCCCCCCCc1ccc(/C(CCC(=O)[O-])=N/N)cc1.[Na+]. The van der Waals surface area contributed by atoms with Gasteiger partial charge in [0, 0.05) is 5.97 Å². The zero-order chi connectivity index (χ0) is 21.9. The molecule has 1 aromatic carbocycles. The van der Waals surface area contributed by atoms with E-state index in [-0.39, 0.29) is 36.0 Å². The van der Waals surface area contributed by atoms with Crippen molar-refractivity contribution in [1.82, 2.24) is 0 Å². The standard InChI is InChI=1S/C26H44N2O2.Na/c1-2-3-4-5-6-7-8-9-10-11-12-13-14-15-16-23-17-19-24(20-18-23)25(28-27)21-22-26(29)30;/h17-20H,2-16,21-22,27H2,1H3,(H,29,30);/q;+1/p-1/b28-25+;. The summed E-state index contributed by atoms with van der Waals surface area (Å²) in [5.74, 6) is 4.32. The summed E-state index contributed by atoms with van der Waals surface area (Å²) in [6, 6.07) is 8.17. The van der Waals surface area contributed by atoms with Gasteiger partial charge in [-0.1, -0.05) is 115 Å². The largest absolute Gasteiger partial charge is 1.00 e. The summed E-state index contributed by atoms with van der Waals surface area (Å²) in [6.45, 7) is 2.28. The van der Waals surface area contributed by atoms with Crippen LogP contribution in [0.2, 0.25) is 0 Å². The van der Waals surface area contributed by atoms with Gasteiger partial charge in [0.2, 0.25) is 0 Å². The molecule has 0 atom stereocenters. The second-order valence-electron chi connectivity index (χ2n) is 8.49. The third-order valence-corrected chi connectivity index (χ3v) is 5.83. The van der Waals surface area contributed by atoms with Crippen molar-refractivity contribution in [3.8, 4) is 0 Å². The Hall–Kier alpha value is -0.840. The Morgan fingerprint density at radius 3 is 1.65 bits per heavy atom. The summed E-state index contributed by atoms with van der Waals surface area (Å²) in [4.78, 5) is 10.6. The summed E-state index contributed by atoms with van der Waals surface area (Å²) >= 11 is 0. The van der Waals surface area contributed by atoms with Crippen LogP contribution in [0, 0.1) is 0 Å². The van der Waals surface area contributed by atoms with Crippen molar-refractivity contribution >= 4 is 11.7 Å². The van der Waals surface area contributed by atoms with Gasteiger partial charge in [0.25, 0.3) is 0 Å². The number of aliphatic carboxylic acids is 1. The van der Waals surface area contributed by atoms with E-state index < -0.39 is 5.97 Å². The molecule has 0 bridgehead atoms. The van der Waals surface area contributed by atoms with Crippen molar-refractivity contribution in [2.24, 2.45) is 10.9 Å². The normalized spacial score (nSPS) is 11.3. The van der Waals surface area contributed by atoms with Crippen LogP contribution in [0.3, 0.4) is 0 Å². The number of benzene rings is 1. The molecule has 0 radical (unpaired) electrons. The minimum absolute atomic E-state index is 0. The first-order valence-corrected chi connectivity index (χ1v) is 12.2. The van der Waals surface area contributed by atoms with Gasteiger partial charge in [-0.25, -0.2) is 0 Å². The number of rotatable bonds is 19. The van der Waals surface area contributed by atoms with Crippen LogP contribution in [0.4, 0.5) is 0 Å². The number of carboxylic acid groups (broad SMARTS) is 1. The first kappa shape index (κ1) is 30.2. The molecule has 31 heavy (non-hydrogen) atoms. The Labute approximate surface area is 212 Å². The van der Waals surface area contributed by atoms with E-state index in [1.165, 1.54) is 95.5 Å². The Morgan fingerprint density at radius 1 is 0.774 bits per heavy atom. The monoisotopic (exact) mass is 438 g/mol. The van der Waals surface area contributed by atoms with E-state index in [0.29, 0.717) is 12.1 Å². The zero-order valence-corrected chi connectivity index (χ0v) is 22.2. The fourth-order valence-corrected chi connectivity index (χ4v) is 3.89. The Morgan fingerprint density at radius 2 is 1.23 bits per heavy atom. The predicted octanol–water partition coefficient (Wildman–Crippen LogP) is 2.91. The molecular formula is C26H43N2NaO2. The number of carboxylic acids is 1. The van der Waals surface area contributed by atoms with Crippen LogP contribution in [-0.2, 0) is 11.2 Å². The van der Waals surface area contributed by atoms with Crippen molar-refractivity contribution in [3.63, 3.8) is 0 Å². The molecule has 2 N–H and O–H groups in total. The first-order valence-electron chi connectivity index (χ1n) is 12.2. The molecule has 0 aliphatic heterocycles. The van der Waals surface area contributed by atoms with Crippen molar-refractivity contribution in [1.29, 1.82) is 0 Å². The molecule has 0 fully saturated rings. The van der Waals surface area contributed by atoms with Gasteiger partial charge >= 0.3 is 29.6 Å². The summed E-state index contributed by atoms with van der Waals surface area (Å²) in [6.07, 6.45) is 20.6. The second kappa shape index (κ2) is 21.0. The molecule has 0 aliphatic rings. The van der Waals surface area contributed by atoms with Crippen LogP contribution < -0.4 is 40.5 Å². The maximum Gasteiger partial charge on any atom is 1.00 e. The van der Waals surface area contributed by atoms with E-state index >= 15 is 0 Å². The number of unbranched alkanes of at least 4 members (excludes halogenated alkanes) is 13. The molecule has 5 heteroatoms. The molecule has 0 saturated heterocycles. The molecule has 1 aromatic rings. The average molecular weight is 439 g/mol. The van der Waals surface area contributed by atoms with Gasteiger partial charge < -0.3 is 15.7 Å². The average Bonchev–Trinajstić information content (AvgIpc) is 2.75. The molecule has 0 amide bonds. The number of aryl methyl sites for hydroxylation is 1. The number of nitrogens with zero attached hydrogens (tertiary/aromatic N) is 1. The van der Waals surface area contributed by atoms with E-state index in [2.05, 4.69) is 24.2 Å². The number of hydrogen-bond donors (Lipinski definition) is 1. The second-order valence-corrected chi connectivity index (χ2v) is 8.49. The van der Waals surface area contributed by atoms with Gasteiger partial charge in [0.05, 0.1) is 5.71 Å².